The molecule has 6 heteroatoms. The first-order valence-electron chi connectivity index (χ1n) is 7.02. The third-order valence-electron chi connectivity index (χ3n) is 4.10. The van der Waals surface area contributed by atoms with Crippen molar-refractivity contribution in [3.05, 3.63) is 0 Å². The van der Waals surface area contributed by atoms with E-state index in [1.807, 2.05) is 0 Å². The lowest BCUT2D eigenvalue weighted by molar-refractivity contribution is -0.188. The quantitative estimate of drug-likeness (QED) is 0.839. The van der Waals surface area contributed by atoms with Crippen molar-refractivity contribution in [1.82, 2.24) is 10.2 Å². The molecule has 2 atom stereocenters. The Kier molecular flexibility index (Phi) is 4.71. The highest BCUT2D eigenvalue weighted by atomic mass is 19.4. The molecule has 2 unspecified atom stereocenters. The maximum atomic E-state index is 12.7. The van der Waals surface area contributed by atoms with Crippen LogP contribution in [0.5, 0.6) is 0 Å². The molecule has 3 nitrogen and oxygen atoms in total. The summed E-state index contributed by atoms with van der Waals surface area (Å²) >= 11 is 0. The van der Waals surface area contributed by atoms with Crippen LogP contribution in [0.3, 0.4) is 0 Å². The van der Waals surface area contributed by atoms with Gasteiger partial charge in [0.05, 0.1) is 5.92 Å². The molecule has 2 heterocycles. The molecule has 2 fully saturated rings. The predicted octanol–water partition coefficient (Wildman–Crippen LogP) is 2.18. The van der Waals surface area contributed by atoms with Crippen LogP contribution in [0.25, 0.3) is 0 Å². The SMILES string of the molecule is O=C(CC1CCCNC1)N1CCCC(C(F)(F)F)C1. The Bertz CT molecular complexity index is 314. The molecule has 0 spiro atoms. The van der Waals surface area contributed by atoms with Gasteiger partial charge in [0.1, 0.15) is 0 Å². The highest BCUT2D eigenvalue weighted by Crippen LogP contribution is 2.33. The van der Waals surface area contributed by atoms with Gasteiger partial charge in [-0.1, -0.05) is 0 Å². The number of hydrogen-bond acceptors (Lipinski definition) is 2. The summed E-state index contributed by atoms with van der Waals surface area (Å²) in [6, 6.07) is 0. The van der Waals surface area contributed by atoms with Crippen LogP contribution >= 0.6 is 0 Å². The molecular weight excluding hydrogens is 257 g/mol. The number of nitrogens with one attached hydrogen (secondary N) is 1. The number of carbonyl (C=O) groups excluding carboxylic acids is 1. The molecule has 2 aliphatic rings. The summed E-state index contributed by atoms with van der Waals surface area (Å²) in [5, 5.41) is 3.23. The second kappa shape index (κ2) is 6.11. The highest BCUT2D eigenvalue weighted by Gasteiger charge is 2.42. The number of piperidine rings is 2. The highest BCUT2D eigenvalue weighted by molar-refractivity contribution is 5.76. The van der Waals surface area contributed by atoms with Crippen molar-refractivity contribution in [3.8, 4) is 0 Å². The van der Waals surface area contributed by atoms with Gasteiger partial charge >= 0.3 is 6.18 Å². The first-order chi connectivity index (χ1) is 8.97. The Balaban J connectivity index is 1.84. The van der Waals surface area contributed by atoms with Crippen LogP contribution in [0.4, 0.5) is 13.2 Å². The second-order valence-electron chi connectivity index (χ2n) is 5.64. The zero-order valence-electron chi connectivity index (χ0n) is 11.0. The molecule has 0 aromatic carbocycles. The molecule has 1 amide bonds. The van der Waals surface area contributed by atoms with E-state index >= 15 is 0 Å². The van der Waals surface area contributed by atoms with E-state index in [2.05, 4.69) is 5.32 Å². The van der Waals surface area contributed by atoms with Crippen LogP contribution in [-0.2, 0) is 4.79 Å². The van der Waals surface area contributed by atoms with E-state index in [-0.39, 0.29) is 24.8 Å². The van der Waals surface area contributed by atoms with E-state index in [0.29, 0.717) is 19.4 Å². The number of nitrogens with zero attached hydrogens (tertiary/aromatic N) is 1. The maximum Gasteiger partial charge on any atom is 0.393 e. The van der Waals surface area contributed by atoms with Gasteiger partial charge in [-0.2, -0.15) is 13.2 Å². The standard InChI is InChI=1S/C13H21F3N2O/c14-13(15,16)11-4-2-6-18(9-11)12(19)7-10-3-1-5-17-8-10/h10-11,17H,1-9H2. The number of hydrogen-bond donors (Lipinski definition) is 1. The minimum atomic E-state index is -4.18. The topological polar surface area (TPSA) is 32.3 Å². The Labute approximate surface area is 111 Å². The molecule has 19 heavy (non-hydrogen) atoms. The van der Waals surface area contributed by atoms with Crippen molar-refractivity contribution >= 4 is 5.91 Å². The summed E-state index contributed by atoms with van der Waals surface area (Å²) in [4.78, 5) is 13.5. The van der Waals surface area contributed by atoms with Crippen LogP contribution in [0, 0.1) is 11.8 Å². The molecule has 2 rings (SSSR count). The lowest BCUT2D eigenvalue weighted by Crippen LogP contribution is -2.45. The fraction of sp³-hybridized carbons (Fsp3) is 0.923. The number of alkyl halides is 3. The minimum absolute atomic E-state index is 0.109. The predicted molar refractivity (Wildman–Crippen MR) is 65.6 cm³/mol. The molecule has 0 radical (unpaired) electrons. The van der Waals surface area contributed by atoms with Gasteiger partial charge in [0.25, 0.3) is 0 Å². The number of rotatable bonds is 2. The number of amides is 1. The largest absolute Gasteiger partial charge is 0.393 e. The van der Waals surface area contributed by atoms with Crippen molar-refractivity contribution < 1.29 is 18.0 Å². The fourth-order valence-corrected chi connectivity index (χ4v) is 2.95. The zero-order valence-corrected chi connectivity index (χ0v) is 11.0. The molecule has 110 valence electrons. The molecule has 0 bridgehead atoms. The average Bonchev–Trinajstić information content (AvgIpc) is 2.39. The fourth-order valence-electron chi connectivity index (χ4n) is 2.95. The summed E-state index contributed by atoms with van der Waals surface area (Å²) in [5.74, 6) is -1.16. The Morgan fingerprint density at radius 3 is 2.68 bits per heavy atom. The molecule has 2 saturated heterocycles. The molecule has 0 aromatic rings. The van der Waals surface area contributed by atoms with Gasteiger partial charge < -0.3 is 10.2 Å². The van der Waals surface area contributed by atoms with Crippen molar-refractivity contribution in [1.29, 1.82) is 0 Å². The summed E-state index contributed by atoms with van der Waals surface area (Å²) in [7, 11) is 0. The Hall–Kier alpha value is -0.780. The minimum Gasteiger partial charge on any atom is -0.342 e. The third-order valence-corrected chi connectivity index (χ3v) is 4.10. The molecule has 0 aromatic heterocycles. The van der Waals surface area contributed by atoms with E-state index in [1.54, 1.807) is 0 Å². The van der Waals surface area contributed by atoms with Gasteiger partial charge in [-0.25, -0.2) is 0 Å². The lowest BCUT2D eigenvalue weighted by Gasteiger charge is -2.35. The maximum absolute atomic E-state index is 12.7. The second-order valence-corrected chi connectivity index (χ2v) is 5.64. The van der Waals surface area contributed by atoms with Gasteiger partial charge in [-0.05, 0) is 44.7 Å². The van der Waals surface area contributed by atoms with Crippen molar-refractivity contribution in [2.24, 2.45) is 11.8 Å². The Morgan fingerprint density at radius 1 is 1.26 bits per heavy atom. The van der Waals surface area contributed by atoms with Crippen molar-refractivity contribution in [2.75, 3.05) is 26.2 Å². The van der Waals surface area contributed by atoms with E-state index < -0.39 is 12.1 Å². The van der Waals surface area contributed by atoms with Crippen LogP contribution in [0.2, 0.25) is 0 Å². The third kappa shape index (κ3) is 4.09. The average molecular weight is 278 g/mol. The van der Waals surface area contributed by atoms with Crippen LogP contribution < -0.4 is 5.32 Å². The van der Waals surface area contributed by atoms with Crippen LogP contribution in [0.15, 0.2) is 0 Å². The van der Waals surface area contributed by atoms with E-state index in [0.717, 1.165) is 25.9 Å². The van der Waals surface area contributed by atoms with Gasteiger partial charge in [0, 0.05) is 19.5 Å². The van der Waals surface area contributed by atoms with Gasteiger partial charge in [-0.15, -0.1) is 0 Å². The summed E-state index contributed by atoms with van der Waals surface area (Å²) in [6.07, 6.45) is -1.14. The van der Waals surface area contributed by atoms with Gasteiger partial charge in [0.2, 0.25) is 5.91 Å². The van der Waals surface area contributed by atoms with Crippen molar-refractivity contribution in [3.63, 3.8) is 0 Å². The van der Waals surface area contributed by atoms with Crippen LogP contribution in [0.1, 0.15) is 32.1 Å². The molecule has 0 aliphatic carbocycles. The summed E-state index contributed by atoms with van der Waals surface area (Å²) < 4.78 is 38.1. The lowest BCUT2D eigenvalue weighted by atomic mass is 9.93. The summed E-state index contributed by atoms with van der Waals surface area (Å²) in [6.45, 7) is 2.11. The molecule has 2 aliphatic heterocycles. The number of halogens is 3. The number of carbonyl (C=O) groups is 1. The van der Waals surface area contributed by atoms with E-state index in [1.165, 1.54) is 4.90 Å². The first-order valence-corrected chi connectivity index (χ1v) is 7.02. The van der Waals surface area contributed by atoms with Gasteiger partial charge in [-0.3, -0.25) is 4.79 Å². The number of likely N-dealkylation sites (tertiary alicyclic amines) is 1. The monoisotopic (exact) mass is 278 g/mol. The van der Waals surface area contributed by atoms with E-state index in [9.17, 15) is 18.0 Å². The zero-order chi connectivity index (χ0) is 13.9. The Morgan fingerprint density at radius 2 is 2.05 bits per heavy atom. The molecule has 0 saturated carbocycles. The smallest absolute Gasteiger partial charge is 0.342 e. The normalized spacial score (nSPS) is 29.3. The first kappa shape index (κ1) is 14.6. The van der Waals surface area contributed by atoms with Crippen molar-refractivity contribution in [2.45, 2.75) is 38.3 Å². The summed E-state index contributed by atoms with van der Waals surface area (Å²) in [5.41, 5.74) is 0. The molecular formula is C13H21F3N2O. The molecule has 1 N–H and O–H groups in total. The van der Waals surface area contributed by atoms with Crippen LogP contribution in [-0.4, -0.2) is 43.2 Å². The van der Waals surface area contributed by atoms with E-state index in [4.69, 9.17) is 0 Å². The van der Waals surface area contributed by atoms with Gasteiger partial charge in [0.15, 0.2) is 0 Å².